The van der Waals surface area contributed by atoms with E-state index in [1.807, 2.05) is 0 Å². The van der Waals surface area contributed by atoms with Gasteiger partial charge in [0.25, 0.3) is 0 Å². The first-order valence-electron chi connectivity index (χ1n) is 6.39. The smallest absolute Gasteiger partial charge is 0.244 e. The summed E-state index contributed by atoms with van der Waals surface area (Å²) in [6, 6.07) is 4.67. The van der Waals surface area contributed by atoms with Crippen molar-refractivity contribution in [2.24, 2.45) is 11.8 Å². The predicted octanol–water partition coefficient (Wildman–Crippen LogP) is 2.64. The summed E-state index contributed by atoms with van der Waals surface area (Å²) in [5, 5.41) is 0.159. The van der Waals surface area contributed by atoms with Crippen LogP contribution in [-0.2, 0) is 10.0 Å². The molecule has 3 N–H and O–H groups in total. The van der Waals surface area contributed by atoms with E-state index < -0.39 is 10.0 Å². The molecule has 1 saturated carbocycles. The van der Waals surface area contributed by atoms with Gasteiger partial charge in [0.2, 0.25) is 10.0 Å². The van der Waals surface area contributed by atoms with Crippen molar-refractivity contribution in [1.29, 1.82) is 0 Å². The highest BCUT2D eigenvalue weighted by molar-refractivity contribution is 7.89. The van der Waals surface area contributed by atoms with Gasteiger partial charge in [0.1, 0.15) is 4.90 Å². The lowest BCUT2D eigenvalue weighted by Gasteiger charge is -2.20. The van der Waals surface area contributed by atoms with Crippen LogP contribution >= 0.6 is 11.6 Å². The highest BCUT2D eigenvalue weighted by atomic mass is 35.5. The minimum Gasteiger partial charge on any atom is -0.398 e. The minimum absolute atomic E-state index is 0.0107. The molecule has 6 heteroatoms. The van der Waals surface area contributed by atoms with Crippen LogP contribution in [0.15, 0.2) is 23.1 Å². The standard InChI is InChI=1S/C13H19ClN2O2S/c1-8-6-7-12(9(8)2)16-19(17,18)13-10(14)4-3-5-11(13)15/h3-5,8-9,12,16H,6-7,15H2,1-2H3. The van der Waals surface area contributed by atoms with Crippen LogP contribution < -0.4 is 10.5 Å². The summed E-state index contributed by atoms with van der Waals surface area (Å²) >= 11 is 5.97. The molecule has 3 unspecified atom stereocenters. The van der Waals surface area contributed by atoms with Crippen LogP contribution in [0.1, 0.15) is 26.7 Å². The lowest BCUT2D eigenvalue weighted by Crippen LogP contribution is -2.37. The largest absolute Gasteiger partial charge is 0.398 e. The van der Waals surface area contributed by atoms with Crippen LogP contribution in [0.25, 0.3) is 0 Å². The zero-order chi connectivity index (χ0) is 14.2. The van der Waals surface area contributed by atoms with Crippen LogP contribution in [0.2, 0.25) is 5.02 Å². The normalized spacial score (nSPS) is 27.6. The van der Waals surface area contributed by atoms with Crippen LogP contribution in [0.5, 0.6) is 0 Å². The van der Waals surface area contributed by atoms with Crippen molar-refractivity contribution in [2.45, 2.75) is 37.6 Å². The van der Waals surface area contributed by atoms with Gasteiger partial charge in [0.15, 0.2) is 0 Å². The number of rotatable bonds is 3. The monoisotopic (exact) mass is 302 g/mol. The molecule has 0 heterocycles. The number of benzene rings is 1. The molecule has 106 valence electrons. The highest BCUT2D eigenvalue weighted by Crippen LogP contribution is 2.33. The van der Waals surface area contributed by atoms with E-state index in [2.05, 4.69) is 18.6 Å². The fourth-order valence-corrected chi connectivity index (χ4v) is 4.64. The summed E-state index contributed by atoms with van der Waals surface area (Å²) in [4.78, 5) is -0.0107. The summed E-state index contributed by atoms with van der Waals surface area (Å²) in [5.41, 5.74) is 5.92. The molecule has 0 aliphatic heterocycles. The maximum Gasteiger partial charge on any atom is 0.244 e. The number of nitrogen functional groups attached to an aromatic ring is 1. The van der Waals surface area contributed by atoms with Gasteiger partial charge in [-0.3, -0.25) is 0 Å². The minimum atomic E-state index is -3.67. The average molecular weight is 303 g/mol. The first-order chi connectivity index (χ1) is 8.83. The molecule has 2 rings (SSSR count). The van der Waals surface area contributed by atoms with Gasteiger partial charge >= 0.3 is 0 Å². The van der Waals surface area contributed by atoms with Crippen LogP contribution in [-0.4, -0.2) is 14.5 Å². The van der Waals surface area contributed by atoms with Gasteiger partial charge in [-0.05, 0) is 36.8 Å². The molecule has 1 aromatic carbocycles. The van der Waals surface area contributed by atoms with Crippen molar-refractivity contribution in [3.63, 3.8) is 0 Å². The zero-order valence-corrected chi connectivity index (χ0v) is 12.6. The Morgan fingerprint density at radius 2 is 2.00 bits per heavy atom. The Bertz CT molecular complexity index is 554. The fraction of sp³-hybridized carbons (Fsp3) is 0.538. The molecule has 1 aliphatic rings. The van der Waals surface area contributed by atoms with Crippen molar-refractivity contribution in [3.05, 3.63) is 23.2 Å². The Kier molecular flexibility index (Phi) is 4.08. The van der Waals surface area contributed by atoms with Crippen molar-refractivity contribution in [2.75, 3.05) is 5.73 Å². The molecule has 1 fully saturated rings. The lowest BCUT2D eigenvalue weighted by molar-refractivity contribution is 0.402. The van der Waals surface area contributed by atoms with Gasteiger partial charge in [0.05, 0.1) is 10.7 Å². The van der Waals surface area contributed by atoms with E-state index in [1.54, 1.807) is 12.1 Å². The van der Waals surface area contributed by atoms with E-state index in [0.29, 0.717) is 11.8 Å². The van der Waals surface area contributed by atoms with E-state index in [4.69, 9.17) is 17.3 Å². The topological polar surface area (TPSA) is 72.2 Å². The first-order valence-corrected chi connectivity index (χ1v) is 8.25. The fourth-order valence-electron chi connectivity index (χ4n) is 2.60. The first kappa shape index (κ1) is 14.6. The van der Waals surface area contributed by atoms with E-state index in [1.165, 1.54) is 6.07 Å². The Morgan fingerprint density at radius 1 is 1.32 bits per heavy atom. The molecule has 19 heavy (non-hydrogen) atoms. The Hall–Kier alpha value is -0.780. The van der Waals surface area contributed by atoms with Crippen LogP contribution in [0, 0.1) is 11.8 Å². The Morgan fingerprint density at radius 3 is 2.53 bits per heavy atom. The quantitative estimate of drug-likeness (QED) is 0.843. The molecule has 0 saturated heterocycles. The number of halogens is 1. The number of nitrogens with one attached hydrogen (secondary N) is 1. The number of anilines is 1. The number of hydrogen-bond donors (Lipinski definition) is 2. The molecule has 0 bridgehead atoms. The van der Waals surface area contributed by atoms with E-state index >= 15 is 0 Å². The highest BCUT2D eigenvalue weighted by Gasteiger charge is 2.34. The molecule has 3 atom stereocenters. The third-order valence-corrected chi connectivity index (χ3v) is 6.07. The molecular weight excluding hydrogens is 284 g/mol. The molecule has 0 spiro atoms. The predicted molar refractivity (Wildman–Crippen MR) is 77.5 cm³/mol. The third kappa shape index (κ3) is 2.88. The van der Waals surface area contributed by atoms with Crippen molar-refractivity contribution in [3.8, 4) is 0 Å². The molecule has 1 aromatic rings. The lowest BCUT2D eigenvalue weighted by atomic mass is 9.98. The maximum absolute atomic E-state index is 12.4. The summed E-state index contributed by atoms with van der Waals surface area (Å²) in [5.74, 6) is 0.842. The summed E-state index contributed by atoms with van der Waals surface area (Å²) in [6.07, 6.45) is 1.89. The van der Waals surface area contributed by atoms with Gasteiger partial charge in [-0.1, -0.05) is 31.5 Å². The molecule has 0 amide bonds. The van der Waals surface area contributed by atoms with Gasteiger partial charge in [-0.2, -0.15) is 0 Å². The second kappa shape index (κ2) is 5.31. The van der Waals surface area contributed by atoms with Gasteiger partial charge < -0.3 is 5.73 Å². The summed E-state index contributed by atoms with van der Waals surface area (Å²) in [6.45, 7) is 4.21. The molecule has 0 radical (unpaired) electrons. The Balaban J connectivity index is 2.29. The maximum atomic E-state index is 12.4. The van der Waals surface area contributed by atoms with Gasteiger partial charge in [0, 0.05) is 6.04 Å². The van der Waals surface area contributed by atoms with Crippen LogP contribution in [0.3, 0.4) is 0 Å². The van der Waals surface area contributed by atoms with E-state index in [0.717, 1.165) is 12.8 Å². The molecule has 4 nitrogen and oxygen atoms in total. The van der Waals surface area contributed by atoms with Crippen molar-refractivity contribution < 1.29 is 8.42 Å². The molecular formula is C13H19ClN2O2S. The number of sulfonamides is 1. The average Bonchev–Trinajstić information content (AvgIpc) is 2.60. The second-order valence-corrected chi connectivity index (χ2v) is 7.36. The number of nitrogens with two attached hydrogens (primary N) is 1. The summed E-state index contributed by atoms with van der Waals surface area (Å²) < 4.78 is 27.6. The SMILES string of the molecule is CC1CCC(NS(=O)(=O)c2c(N)cccc2Cl)C1C. The van der Waals surface area contributed by atoms with Crippen molar-refractivity contribution in [1.82, 2.24) is 4.72 Å². The van der Waals surface area contributed by atoms with Crippen molar-refractivity contribution >= 4 is 27.3 Å². The number of hydrogen-bond acceptors (Lipinski definition) is 3. The molecule has 1 aliphatic carbocycles. The van der Waals surface area contributed by atoms with Gasteiger partial charge in [-0.15, -0.1) is 0 Å². The second-order valence-electron chi connectivity index (χ2n) is 5.30. The van der Waals surface area contributed by atoms with Crippen LogP contribution in [0.4, 0.5) is 5.69 Å². The zero-order valence-electron chi connectivity index (χ0n) is 11.1. The van der Waals surface area contributed by atoms with E-state index in [9.17, 15) is 8.42 Å². The summed E-state index contributed by atoms with van der Waals surface area (Å²) in [7, 11) is -3.67. The molecule has 0 aromatic heterocycles. The third-order valence-electron chi connectivity index (χ3n) is 4.04. The Labute approximate surface area is 119 Å². The van der Waals surface area contributed by atoms with E-state index in [-0.39, 0.29) is 21.6 Å². The van der Waals surface area contributed by atoms with Gasteiger partial charge in [-0.25, -0.2) is 13.1 Å².